The van der Waals surface area contributed by atoms with Gasteiger partial charge in [-0.1, -0.05) is 12.1 Å². The number of esters is 1. The van der Waals surface area contributed by atoms with E-state index in [0.29, 0.717) is 22.7 Å². The Hall–Kier alpha value is -3.94. The van der Waals surface area contributed by atoms with Gasteiger partial charge in [-0.25, -0.2) is 14.8 Å². The van der Waals surface area contributed by atoms with Crippen LogP contribution >= 0.6 is 0 Å². The van der Waals surface area contributed by atoms with Crippen LogP contribution in [-0.2, 0) is 4.74 Å². The minimum Gasteiger partial charge on any atom is -0.495 e. The maximum absolute atomic E-state index is 12.6. The van der Waals surface area contributed by atoms with Gasteiger partial charge in [-0.15, -0.1) is 0 Å². The summed E-state index contributed by atoms with van der Waals surface area (Å²) in [7, 11) is 2.85. The molecule has 8 heteroatoms. The zero-order valence-corrected chi connectivity index (χ0v) is 16.2. The van der Waals surface area contributed by atoms with E-state index in [1.54, 1.807) is 30.3 Å². The number of hydrogen-bond donors (Lipinski definition) is 2. The Morgan fingerprint density at radius 3 is 2.62 bits per heavy atom. The summed E-state index contributed by atoms with van der Waals surface area (Å²) in [5, 5.41) is 5.78. The fraction of sp³-hybridized carbons (Fsp3) is 0.143. The molecule has 0 radical (unpaired) electrons. The van der Waals surface area contributed by atoms with Crippen molar-refractivity contribution in [1.82, 2.24) is 9.97 Å². The second-order valence-corrected chi connectivity index (χ2v) is 6.12. The molecule has 0 aliphatic rings. The van der Waals surface area contributed by atoms with Crippen molar-refractivity contribution in [2.45, 2.75) is 6.92 Å². The molecule has 8 nitrogen and oxygen atoms in total. The summed E-state index contributed by atoms with van der Waals surface area (Å²) < 4.78 is 10.00. The molecule has 0 aliphatic carbocycles. The average Bonchev–Trinajstić information content (AvgIpc) is 2.73. The summed E-state index contributed by atoms with van der Waals surface area (Å²) in [5.41, 5.74) is 2.69. The number of ether oxygens (including phenoxy) is 2. The number of aromatic nitrogens is 2. The van der Waals surface area contributed by atoms with Crippen LogP contribution in [0.4, 0.5) is 17.3 Å². The summed E-state index contributed by atoms with van der Waals surface area (Å²) in [6, 6.07) is 13.7. The predicted molar refractivity (Wildman–Crippen MR) is 109 cm³/mol. The second kappa shape index (κ2) is 8.83. The van der Waals surface area contributed by atoms with Crippen LogP contribution in [0.15, 0.2) is 54.7 Å². The number of rotatable bonds is 6. The molecule has 0 spiro atoms. The van der Waals surface area contributed by atoms with Crippen molar-refractivity contribution in [2.24, 2.45) is 0 Å². The Morgan fingerprint density at radius 2 is 1.86 bits per heavy atom. The van der Waals surface area contributed by atoms with Crippen molar-refractivity contribution in [3.63, 3.8) is 0 Å². The van der Waals surface area contributed by atoms with E-state index in [2.05, 4.69) is 20.6 Å². The van der Waals surface area contributed by atoms with Crippen LogP contribution in [0.5, 0.6) is 5.75 Å². The minimum absolute atomic E-state index is 0.176. The number of nitrogens with one attached hydrogen (secondary N) is 2. The van der Waals surface area contributed by atoms with Crippen molar-refractivity contribution in [2.75, 3.05) is 24.9 Å². The standard InChI is InChI=1S/C21H20N4O4/c1-13-7-8-18(28-2)17(11-13)24-19(26)16-9-10-22-21(25-16)23-15-6-4-5-14(12-15)20(27)29-3/h4-12H,1-3H3,(H,24,26)(H,22,23,25). The number of benzene rings is 2. The number of methoxy groups -OCH3 is 2. The first-order valence-electron chi connectivity index (χ1n) is 8.74. The Bertz CT molecular complexity index is 1050. The molecule has 1 heterocycles. The Morgan fingerprint density at radius 1 is 1.03 bits per heavy atom. The molecule has 0 saturated carbocycles. The molecule has 2 aromatic carbocycles. The molecule has 0 unspecified atom stereocenters. The molecule has 0 saturated heterocycles. The fourth-order valence-corrected chi connectivity index (χ4v) is 2.62. The third-order valence-electron chi connectivity index (χ3n) is 4.03. The first-order valence-corrected chi connectivity index (χ1v) is 8.74. The van der Waals surface area contributed by atoms with Crippen molar-refractivity contribution in [1.29, 1.82) is 0 Å². The Balaban J connectivity index is 1.78. The molecular formula is C21H20N4O4. The van der Waals surface area contributed by atoms with Gasteiger partial charge in [0.15, 0.2) is 0 Å². The lowest BCUT2D eigenvalue weighted by Crippen LogP contribution is -2.15. The number of carbonyl (C=O) groups is 2. The quantitative estimate of drug-likeness (QED) is 0.618. The molecule has 29 heavy (non-hydrogen) atoms. The number of anilines is 3. The van der Waals surface area contributed by atoms with Crippen LogP contribution in [-0.4, -0.2) is 36.1 Å². The normalized spacial score (nSPS) is 10.2. The van der Waals surface area contributed by atoms with Crippen molar-refractivity contribution in [3.05, 3.63) is 71.5 Å². The van der Waals surface area contributed by atoms with Gasteiger partial charge in [-0.3, -0.25) is 4.79 Å². The van der Waals surface area contributed by atoms with Gasteiger partial charge in [0.05, 0.1) is 25.5 Å². The molecular weight excluding hydrogens is 372 g/mol. The molecule has 3 rings (SSSR count). The molecule has 0 atom stereocenters. The molecule has 1 aromatic heterocycles. The van der Waals surface area contributed by atoms with E-state index in [1.165, 1.54) is 26.5 Å². The van der Waals surface area contributed by atoms with Gasteiger partial charge >= 0.3 is 5.97 Å². The molecule has 1 amide bonds. The number of hydrogen-bond acceptors (Lipinski definition) is 7. The highest BCUT2D eigenvalue weighted by atomic mass is 16.5. The maximum Gasteiger partial charge on any atom is 0.337 e. The monoisotopic (exact) mass is 392 g/mol. The average molecular weight is 392 g/mol. The number of carbonyl (C=O) groups excluding carboxylic acids is 2. The van der Waals surface area contributed by atoms with Crippen LogP contribution in [0.2, 0.25) is 0 Å². The van der Waals surface area contributed by atoms with Crippen molar-refractivity contribution < 1.29 is 19.1 Å². The zero-order valence-electron chi connectivity index (χ0n) is 16.2. The first kappa shape index (κ1) is 19.8. The molecule has 0 bridgehead atoms. The third kappa shape index (κ3) is 4.86. The number of aryl methyl sites for hydroxylation is 1. The lowest BCUT2D eigenvalue weighted by Gasteiger charge is -2.11. The van der Waals surface area contributed by atoms with Crippen LogP contribution in [0.25, 0.3) is 0 Å². The van der Waals surface area contributed by atoms with Gasteiger partial charge in [0, 0.05) is 11.9 Å². The maximum atomic E-state index is 12.6. The van der Waals surface area contributed by atoms with Gasteiger partial charge in [-0.2, -0.15) is 0 Å². The van der Waals surface area contributed by atoms with E-state index in [9.17, 15) is 9.59 Å². The predicted octanol–water partition coefficient (Wildman–Crippen LogP) is 3.58. The van der Waals surface area contributed by atoms with E-state index >= 15 is 0 Å². The van der Waals surface area contributed by atoms with Gasteiger partial charge in [0.2, 0.25) is 5.95 Å². The highest BCUT2D eigenvalue weighted by Gasteiger charge is 2.13. The highest BCUT2D eigenvalue weighted by Crippen LogP contribution is 2.25. The van der Waals surface area contributed by atoms with Gasteiger partial charge in [-0.05, 0) is 48.9 Å². The largest absolute Gasteiger partial charge is 0.495 e. The van der Waals surface area contributed by atoms with E-state index < -0.39 is 11.9 Å². The number of amides is 1. The van der Waals surface area contributed by atoms with Gasteiger partial charge in [0.25, 0.3) is 5.91 Å². The second-order valence-electron chi connectivity index (χ2n) is 6.12. The molecule has 0 fully saturated rings. The van der Waals surface area contributed by atoms with E-state index in [0.717, 1.165) is 5.56 Å². The minimum atomic E-state index is -0.449. The van der Waals surface area contributed by atoms with E-state index in [-0.39, 0.29) is 11.6 Å². The summed E-state index contributed by atoms with van der Waals surface area (Å²) in [5.74, 6) is -0.0793. The smallest absolute Gasteiger partial charge is 0.337 e. The molecule has 0 aliphatic heterocycles. The Kier molecular flexibility index (Phi) is 6.03. The lowest BCUT2D eigenvalue weighted by atomic mass is 10.2. The fourth-order valence-electron chi connectivity index (χ4n) is 2.62. The summed E-state index contributed by atoms with van der Waals surface area (Å²) in [4.78, 5) is 32.7. The SMILES string of the molecule is COC(=O)c1cccc(Nc2nccc(C(=O)Nc3cc(C)ccc3OC)n2)c1. The summed E-state index contributed by atoms with van der Waals surface area (Å²) >= 11 is 0. The third-order valence-corrected chi connectivity index (χ3v) is 4.03. The topological polar surface area (TPSA) is 102 Å². The molecule has 3 aromatic rings. The van der Waals surface area contributed by atoms with Crippen LogP contribution < -0.4 is 15.4 Å². The number of nitrogens with zero attached hydrogens (tertiary/aromatic N) is 2. The van der Waals surface area contributed by atoms with E-state index in [1.807, 2.05) is 19.1 Å². The van der Waals surface area contributed by atoms with Crippen LogP contribution in [0.1, 0.15) is 26.4 Å². The van der Waals surface area contributed by atoms with Crippen LogP contribution in [0.3, 0.4) is 0 Å². The van der Waals surface area contributed by atoms with Gasteiger partial charge in [0.1, 0.15) is 11.4 Å². The molecule has 148 valence electrons. The highest BCUT2D eigenvalue weighted by molar-refractivity contribution is 6.03. The zero-order chi connectivity index (χ0) is 20.8. The van der Waals surface area contributed by atoms with Gasteiger partial charge < -0.3 is 20.1 Å². The molecule has 2 N–H and O–H groups in total. The summed E-state index contributed by atoms with van der Waals surface area (Å²) in [6.07, 6.45) is 1.47. The first-order chi connectivity index (χ1) is 14.0. The Labute approximate surface area is 167 Å². The van der Waals surface area contributed by atoms with E-state index in [4.69, 9.17) is 9.47 Å². The lowest BCUT2D eigenvalue weighted by molar-refractivity contribution is 0.0600. The van der Waals surface area contributed by atoms with Crippen molar-refractivity contribution in [3.8, 4) is 5.75 Å². The van der Waals surface area contributed by atoms with Crippen molar-refractivity contribution >= 4 is 29.2 Å². The van der Waals surface area contributed by atoms with Crippen LogP contribution in [0, 0.1) is 6.92 Å². The summed E-state index contributed by atoms with van der Waals surface area (Å²) in [6.45, 7) is 1.92.